The number of hydrogen-bond acceptors (Lipinski definition) is 10. The first-order valence-corrected chi connectivity index (χ1v) is 8.82. The summed E-state index contributed by atoms with van der Waals surface area (Å²) in [6.07, 6.45) is -0.200. The molecule has 1 fully saturated rings. The van der Waals surface area contributed by atoms with Gasteiger partial charge in [0.25, 0.3) is 0 Å². The Balaban J connectivity index is 1.77. The summed E-state index contributed by atoms with van der Waals surface area (Å²) < 4.78 is 5.53. The molecule has 0 aromatic rings. The molecule has 5 atom stereocenters. The number of rotatable bonds is 7. The molecule has 0 radical (unpaired) electrons. The van der Waals surface area contributed by atoms with Gasteiger partial charge in [-0.25, -0.2) is 9.98 Å². The monoisotopic (exact) mass is 367 g/mol. The van der Waals surface area contributed by atoms with Crippen molar-refractivity contribution in [3.8, 4) is 0 Å². The van der Waals surface area contributed by atoms with E-state index in [4.69, 9.17) is 10.5 Å². The van der Waals surface area contributed by atoms with Crippen LogP contribution in [0.15, 0.2) is 15.0 Å². The number of ketones is 1. The second-order valence-corrected chi connectivity index (χ2v) is 6.69. The van der Waals surface area contributed by atoms with Gasteiger partial charge in [0.1, 0.15) is 37.0 Å². The van der Waals surface area contributed by atoms with Crippen molar-refractivity contribution in [1.29, 1.82) is 0 Å². The Morgan fingerprint density at radius 3 is 2.85 bits per heavy atom. The summed E-state index contributed by atoms with van der Waals surface area (Å²) in [6, 6.07) is 0. The van der Waals surface area contributed by atoms with E-state index in [2.05, 4.69) is 15.0 Å². The van der Waals surface area contributed by atoms with E-state index in [1.54, 1.807) is 0 Å². The maximum atomic E-state index is 12.6. The van der Waals surface area contributed by atoms with E-state index in [1.807, 2.05) is 6.92 Å². The largest absolute Gasteiger partial charge is 0.394 e. The lowest BCUT2D eigenvalue weighted by atomic mass is 9.94. The molecule has 0 saturated carbocycles. The molecule has 3 rings (SSSR count). The van der Waals surface area contributed by atoms with Crippen LogP contribution in [0, 0.1) is 0 Å². The third kappa shape index (κ3) is 3.08. The minimum atomic E-state index is -1.60. The van der Waals surface area contributed by atoms with Crippen molar-refractivity contribution in [1.82, 2.24) is 4.90 Å². The number of hydrogen-bond donors (Lipinski definition) is 4. The van der Waals surface area contributed by atoms with Crippen LogP contribution in [0.25, 0.3) is 0 Å². The SMILES string of the molecule is CCCCCC(=O)C1(N)N=CN=C2C1=NCN2[C@@H]1O[C@H](CO)[C@@H](O)[C@H]1O. The van der Waals surface area contributed by atoms with Crippen LogP contribution in [0.2, 0.25) is 0 Å². The Morgan fingerprint density at radius 2 is 2.19 bits per heavy atom. The molecule has 5 N–H and O–H groups in total. The van der Waals surface area contributed by atoms with E-state index >= 15 is 0 Å². The minimum absolute atomic E-state index is 0.0608. The van der Waals surface area contributed by atoms with Crippen LogP contribution in [0.1, 0.15) is 32.6 Å². The summed E-state index contributed by atoms with van der Waals surface area (Å²) in [6.45, 7) is 1.68. The van der Waals surface area contributed by atoms with Crippen LogP contribution < -0.4 is 5.73 Å². The number of aliphatic imine (C=N–C) groups is 3. The molecular weight excluding hydrogens is 342 g/mol. The number of Topliss-reactive ketones (excluding diaryl/α,β-unsaturated/α-hetero) is 1. The molecule has 10 heteroatoms. The number of carbonyl (C=O) groups is 1. The zero-order valence-corrected chi connectivity index (χ0v) is 14.7. The average Bonchev–Trinajstić information content (AvgIpc) is 3.18. The van der Waals surface area contributed by atoms with Gasteiger partial charge in [0.15, 0.2) is 17.8 Å². The van der Waals surface area contributed by atoms with E-state index in [1.165, 1.54) is 11.2 Å². The van der Waals surface area contributed by atoms with Gasteiger partial charge in [-0.3, -0.25) is 15.5 Å². The minimum Gasteiger partial charge on any atom is -0.394 e. The smallest absolute Gasteiger partial charge is 0.214 e. The van der Waals surface area contributed by atoms with E-state index in [-0.39, 0.29) is 18.2 Å². The van der Waals surface area contributed by atoms with Crippen LogP contribution in [0.5, 0.6) is 0 Å². The molecule has 0 aromatic heterocycles. The number of carbonyl (C=O) groups excluding carboxylic acids is 1. The summed E-state index contributed by atoms with van der Waals surface area (Å²) in [5.41, 5.74) is 4.90. The lowest BCUT2D eigenvalue weighted by molar-refractivity contribution is -0.121. The van der Waals surface area contributed by atoms with E-state index in [0.717, 1.165) is 19.3 Å². The summed E-state index contributed by atoms with van der Waals surface area (Å²) in [5, 5.41) is 29.4. The molecule has 10 nitrogen and oxygen atoms in total. The second-order valence-electron chi connectivity index (χ2n) is 6.69. The van der Waals surface area contributed by atoms with Crippen molar-refractivity contribution in [2.24, 2.45) is 20.7 Å². The fourth-order valence-corrected chi connectivity index (χ4v) is 3.35. The van der Waals surface area contributed by atoms with Gasteiger partial charge in [0.05, 0.1) is 6.61 Å². The van der Waals surface area contributed by atoms with Gasteiger partial charge in [-0.2, -0.15) is 0 Å². The zero-order valence-electron chi connectivity index (χ0n) is 14.7. The van der Waals surface area contributed by atoms with Crippen molar-refractivity contribution >= 4 is 23.7 Å². The quantitative estimate of drug-likeness (QED) is 0.395. The number of ether oxygens (including phenoxy) is 1. The summed E-state index contributed by atoms with van der Waals surface area (Å²) in [4.78, 5) is 26.7. The highest BCUT2D eigenvalue weighted by Gasteiger charge is 2.52. The average molecular weight is 367 g/mol. The Hall–Kier alpha value is -1.72. The first kappa shape index (κ1) is 19.1. The summed E-state index contributed by atoms with van der Waals surface area (Å²) >= 11 is 0. The topological polar surface area (TPSA) is 153 Å². The van der Waals surface area contributed by atoms with Crippen molar-refractivity contribution in [3.63, 3.8) is 0 Å². The number of nitrogens with two attached hydrogens (primary N) is 1. The Labute approximate surface area is 151 Å². The maximum absolute atomic E-state index is 12.6. The molecule has 0 bridgehead atoms. The van der Waals surface area contributed by atoms with E-state index in [9.17, 15) is 20.1 Å². The van der Waals surface area contributed by atoms with Crippen LogP contribution in [0.3, 0.4) is 0 Å². The number of unbranched alkanes of at least 4 members (excludes halogenated alkanes) is 2. The molecule has 1 unspecified atom stereocenters. The van der Waals surface area contributed by atoms with Crippen LogP contribution in [0.4, 0.5) is 0 Å². The molecule has 144 valence electrons. The highest BCUT2D eigenvalue weighted by Crippen LogP contribution is 2.29. The molecule has 3 heterocycles. The lowest BCUT2D eigenvalue weighted by Gasteiger charge is -2.31. The number of fused-ring (bicyclic) bond motifs is 1. The second kappa shape index (κ2) is 7.49. The molecule has 3 aliphatic heterocycles. The van der Waals surface area contributed by atoms with Gasteiger partial charge in [0, 0.05) is 6.42 Å². The molecular formula is C16H25N5O5. The Morgan fingerprint density at radius 1 is 1.42 bits per heavy atom. The number of amidine groups is 1. The van der Waals surface area contributed by atoms with Crippen LogP contribution in [-0.2, 0) is 9.53 Å². The molecule has 0 aromatic carbocycles. The van der Waals surface area contributed by atoms with Gasteiger partial charge < -0.3 is 25.0 Å². The molecule has 0 amide bonds. The number of aliphatic hydroxyl groups excluding tert-OH is 3. The fraction of sp³-hybridized carbons (Fsp3) is 0.750. The third-order valence-electron chi connectivity index (χ3n) is 4.92. The van der Waals surface area contributed by atoms with E-state index in [0.29, 0.717) is 12.3 Å². The Kier molecular flexibility index (Phi) is 5.49. The van der Waals surface area contributed by atoms with Gasteiger partial charge in [0.2, 0.25) is 5.66 Å². The van der Waals surface area contributed by atoms with E-state index < -0.39 is 36.8 Å². The van der Waals surface area contributed by atoms with Gasteiger partial charge in [-0.15, -0.1) is 0 Å². The highest BCUT2D eigenvalue weighted by molar-refractivity contribution is 6.51. The summed E-state index contributed by atoms with van der Waals surface area (Å²) in [5.74, 6) is 0.0533. The highest BCUT2D eigenvalue weighted by atomic mass is 16.6. The number of nitrogens with zero attached hydrogens (tertiary/aromatic N) is 4. The zero-order chi connectivity index (χ0) is 18.9. The molecule has 0 aliphatic carbocycles. The van der Waals surface area contributed by atoms with Crippen molar-refractivity contribution < 1.29 is 24.9 Å². The molecule has 26 heavy (non-hydrogen) atoms. The summed E-state index contributed by atoms with van der Waals surface area (Å²) in [7, 11) is 0. The first-order chi connectivity index (χ1) is 12.4. The molecule has 3 aliphatic rings. The number of aliphatic hydroxyl groups is 3. The van der Waals surface area contributed by atoms with Crippen LogP contribution >= 0.6 is 0 Å². The lowest BCUT2D eigenvalue weighted by Crippen LogP contribution is -2.59. The molecule has 0 spiro atoms. The van der Waals surface area contributed by atoms with Crippen molar-refractivity contribution in [3.05, 3.63) is 0 Å². The fourth-order valence-electron chi connectivity index (χ4n) is 3.35. The first-order valence-electron chi connectivity index (χ1n) is 8.82. The Bertz CT molecular complexity index is 651. The van der Waals surface area contributed by atoms with Gasteiger partial charge >= 0.3 is 0 Å². The normalized spacial score (nSPS) is 36.1. The van der Waals surface area contributed by atoms with Crippen LogP contribution in [-0.4, -0.2) is 87.4 Å². The van der Waals surface area contributed by atoms with Gasteiger partial charge in [-0.1, -0.05) is 19.8 Å². The van der Waals surface area contributed by atoms with Crippen molar-refractivity contribution in [2.45, 2.75) is 62.8 Å². The predicted molar refractivity (Wildman–Crippen MR) is 93.9 cm³/mol. The van der Waals surface area contributed by atoms with Gasteiger partial charge in [-0.05, 0) is 6.42 Å². The predicted octanol–water partition coefficient (Wildman–Crippen LogP) is -1.62. The molecule has 1 saturated heterocycles. The standard InChI is InChI=1S/C16H25N5O5/c1-2-3-4-5-10(23)16(17)13-14(18-7-20-16)21(8-19-13)15-12(25)11(24)9(6-22)26-15/h7,9,11-12,15,22,24-25H,2-6,8,17H2,1H3/t9-,11-,12-,15-,16?/m1/s1. The van der Waals surface area contributed by atoms with Crippen molar-refractivity contribution in [2.75, 3.05) is 13.3 Å². The maximum Gasteiger partial charge on any atom is 0.214 e. The third-order valence-corrected chi connectivity index (χ3v) is 4.92.